The number of hydrogen-bond donors (Lipinski definition) is 2. The van der Waals surface area contributed by atoms with Gasteiger partial charge in [-0.1, -0.05) is 97.1 Å². The minimum atomic E-state index is -1.41. The molecule has 0 aliphatic carbocycles. The Hall–Kier alpha value is -4.22. The van der Waals surface area contributed by atoms with E-state index in [4.69, 9.17) is 0 Å². The molecular weight excluding hydrogens is 472 g/mol. The number of rotatable bonds is 7. The van der Waals surface area contributed by atoms with Crippen LogP contribution < -0.4 is 5.32 Å². The van der Waals surface area contributed by atoms with Crippen molar-refractivity contribution >= 4 is 11.8 Å². The Morgan fingerprint density at radius 3 is 2.03 bits per heavy atom. The second-order valence-corrected chi connectivity index (χ2v) is 9.90. The Morgan fingerprint density at radius 2 is 1.42 bits per heavy atom. The van der Waals surface area contributed by atoms with Gasteiger partial charge in [0.05, 0.1) is 12.5 Å². The predicted molar refractivity (Wildman–Crippen MR) is 149 cm³/mol. The molecule has 4 aromatic rings. The molecule has 5 nitrogen and oxygen atoms in total. The third kappa shape index (κ3) is 5.24. The van der Waals surface area contributed by atoms with Crippen LogP contribution in [-0.4, -0.2) is 34.4 Å². The van der Waals surface area contributed by atoms with Gasteiger partial charge in [-0.15, -0.1) is 0 Å². The molecular formula is C33H32N2O3. The van der Waals surface area contributed by atoms with Gasteiger partial charge in [-0.05, 0) is 53.3 Å². The van der Waals surface area contributed by atoms with Crippen molar-refractivity contribution in [2.24, 2.45) is 0 Å². The number of carbonyl (C=O) groups is 2. The third-order valence-corrected chi connectivity index (χ3v) is 7.43. The van der Waals surface area contributed by atoms with Crippen LogP contribution >= 0.6 is 0 Å². The van der Waals surface area contributed by atoms with E-state index in [0.717, 1.165) is 23.1 Å². The van der Waals surface area contributed by atoms with Crippen molar-refractivity contribution in [2.75, 3.05) is 6.54 Å². The Labute approximate surface area is 223 Å². The number of benzene rings is 4. The maximum atomic E-state index is 13.4. The van der Waals surface area contributed by atoms with E-state index < -0.39 is 11.6 Å². The molecule has 0 bridgehead atoms. The molecule has 5 rings (SSSR count). The van der Waals surface area contributed by atoms with Crippen molar-refractivity contribution in [3.63, 3.8) is 0 Å². The molecule has 1 atom stereocenters. The lowest BCUT2D eigenvalue weighted by molar-refractivity contribution is -0.131. The Morgan fingerprint density at radius 1 is 0.842 bits per heavy atom. The number of carbonyl (C=O) groups excluding carboxylic acids is 2. The van der Waals surface area contributed by atoms with Gasteiger partial charge in [0.15, 0.2) is 0 Å². The molecule has 0 saturated heterocycles. The first kappa shape index (κ1) is 25.4. The van der Waals surface area contributed by atoms with Gasteiger partial charge in [0, 0.05) is 18.7 Å². The second kappa shape index (κ2) is 11.0. The van der Waals surface area contributed by atoms with Gasteiger partial charge in [-0.2, -0.15) is 0 Å². The van der Waals surface area contributed by atoms with Gasteiger partial charge in [0.1, 0.15) is 5.60 Å². The van der Waals surface area contributed by atoms with Gasteiger partial charge in [-0.3, -0.25) is 9.59 Å². The summed E-state index contributed by atoms with van der Waals surface area (Å²) >= 11 is 0. The Balaban J connectivity index is 1.33. The highest BCUT2D eigenvalue weighted by Crippen LogP contribution is 2.33. The van der Waals surface area contributed by atoms with Gasteiger partial charge >= 0.3 is 0 Å². The van der Waals surface area contributed by atoms with Gasteiger partial charge in [-0.25, -0.2) is 0 Å². The molecule has 0 fully saturated rings. The first-order valence-corrected chi connectivity index (χ1v) is 13.0. The average molecular weight is 505 g/mol. The maximum absolute atomic E-state index is 13.4. The fourth-order valence-corrected chi connectivity index (χ4v) is 5.23. The summed E-state index contributed by atoms with van der Waals surface area (Å²) in [5, 5.41) is 15.0. The number of nitrogens with one attached hydrogen (secondary N) is 1. The number of nitrogens with zero attached hydrogens (tertiary/aromatic N) is 1. The highest BCUT2D eigenvalue weighted by molar-refractivity contribution is 5.95. The van der Waals surface area contributed by atoms with Crippen molar-refractivity contribution in [3.05, 3.63) is 143 Å². The molecule has 1 aliphatic rings. The molecule has 38 heavy (non-hydrogen) atoms. The number of amides is 2. The standard InChI is InChI=1S/C33H32N2O3/c1-24(33(38,29-13-7-3-8-14-29)30-15-9-4-10-16-30)34-32(37)27-18-17-26-19-20-35(23-28(26)22-27)31(36)21-25-11-5-2-6-12-25/h2-18,22,24,38H,19-21,23H2,1H3,(H,34,37). The number of fused-ring (bicyclic) bond motifs is 1. The molecule has 192 valence electrons. The zero-order valence-corrected chi connectivity index (χ0v) is 21.5. The summed E-state index contributed by atoms with van der Waals surface area (Å²) in [6, 6.07) is 33.6. The Kier molecular flexibility index (Phi) is 7.38. The normalized spacial score (nSPS) is 13.9. The first-order valence-electron chi connectivity index (χ1n) is 13.0. The van der Waals surface area contributed by atoms with Gasteiger partial charge < -0.3 is 15.3 Å². The van der Waals surface area contributed by atoms with E-state index in [2.05, 4.69) is 5.32 Å². The largest absolute Gasteiger partial charge is 0.378 e. The van der Waals surface area contributed by atoms with Crippen molar-refractivity contribution in [1.82, 2.24) is 10.2 Å². The summed E-state index contributed by atoms with van der Waals surface area (Å²) in [6.07, 6.45) is 1.13. The fraction of sp³-hybridized carbons (Fsp3) is 0.212. The highest BCUT2D eigenvalue weighted by Gasteiger charge is 2.38. The van der Waals surface area contributed by atoms with E-state index >= 15 is 0 Å². The Bertz CT molecular complexity index is 1360. The lowest BCUT2D eigenvalue weighted by Gasteiger charge is -2.36. The summed E-state index contributed by atoms with van der Waals surface area (Å²) in [5.41, 5.74) is 3.65. The summed E-state index contributed by atoms with van der Waals surface area (Å²) in [7, 11) is 0. The van der Waals surface area contributed by atoms with Crippen molar-refractivity contribution in [3.8, 4) is 0 Å². The van der Waals surface area contributed by atoms with Crippen LogP contribution in [0.1, 0.15) is 45.1 Å². The average Bonchev–Trinajstić information content (AvgIpc) is 2.97. The van der Waals surface area contributed by atoms with Gasteiger partial charge in [0.2, 0.25) is 5.91 Å². The molecule has 2 N–H and O–H groups in total. The molecule has 2 amide bonds. The minimum Gasteiger partial charge on any atom is -0.378 e. The van der Waals surface area contributed by atoms with Crippen LogP contribution in [0.5, 0.6) is 0 Å². The molecule has 1 heterocycles. The zero-order valence-electron chi connectivity index (χ0n) is 21.5. The molecule has 4 aromatic carbocycles. The topological polar surface area (TPSA) is 69.6 Å². The van der Waals surface area contributed by atoms with Crippen LogP contribution in [0.25, 0.3) is 0 Å². The first-order chi connectivity index (χ1) is 18.4. The van der Waals surface area contributed by atoms with Crippen LogP contribution in [0.15, 0.2) is 109 Å². The second-order valence-electron chi connectivity index (χ2n) is 9.90. The van der Waals surface area contributed by atoms with Crippen molar-refractivity contribution in [1.29, 1.82) is 0 Å². The number of aliphatic hydroxyl groups is 1. The molecule has 0 spiro atoms. The van der Waals surface area contributed by atoms with E-state index in [1.807, 2.05) is 121 Å². The molecule has 5 heteroatoms. The van der Waals surface area contributed by atoms with E-state index in [1.54, 1.807) is 0 Å². The number of hydrogen-bond acceptors (Lipinski definition) is 3. The summed E-state index contributed by atoms with van der Waals surface area (Å²) in [5.74, 6) is -0.181. The minimum absolute atomic E-state index is 0.0844. The highest BCUT2D eigenvalue weighted by atomic mass is 16.3. The summed E-state index contributed by atoms with van der Waals surface area (Å²) in [4.78, 5) is 28.2. The van der Waals surface area contributed by atoms with Crippen LogP contribution in [0.2, 0.25) is 0 Å². The summed E-state index contributed by atoms with van der Waals surface area (Å²) < 4.78 is 0. The van der Waals surface area contributed by atoms with E-state index in [9.17, 15) is 14.7 Å². The van der Waals surface area contributed by atoms with E-state index in [0.29, 0.717) is 36.2 Å². The fourth-order valence-electron chi connectivity index (χ4n) is 5.23. The van der Waals surface area contributed by atoms with E-state index in [1.165, 1.54) is 0 Å². The molecule has 1 unspecified atom stereocenters. The quantitative estimate of drug-likeness (QED) is 0.377. The van der Waals surface area contributed by atoms with Crippen LogP contribution in [-0.2, 0) is 29.8 Å². The molecule has 0 radical (unpaired) electrons. The van der Waals surface area contributed by atoms with E-state index in [-0.39, 0.29) is 11.8 Å². The zero-order chi connectivity index (χ0) is 26.5. The van der Waals surface area contributed by atoms with Crippen LogP contribution in [0.3, 0.4) is 0 Å². The molecule has 0 saturated carbocycles. The lowest BCUT2D eigenvalue weighted by Crippen LogP contribution is -2.49. The maximum Gasteiger partial charge on any atom is 0.251 e. The SMILES string of the molecule is CC(NC(=O)c1ccc2c(c1)CN(C(=O)Cc1ccccc1)CC2)C(O)(c1ccccc1)c1ccccc1. The molecule has 1 aliphatic heterocycles. The van der Waals surface area contributed by atoms with Crippen molar-refractivity contribution in [2.45, 2.75) is 38.0 Å². The summed E-state index contributed by atoms with van der Waals surface area (Å²) in [6.45, 7) is 2.97. The smallest absolute Gasteiger partial charge is 0.251 e. The van der Waals surface area contributed by atoms with Crippen LogP contribution in [0, 0.1) is 0 Å². The molecule has 0 aromatic heterocycles. The van der Waals surface area contributed by atoms with Crippen molar-refractivity contribution < 1.29 is 14.7 Å². The monoisotopic (exact) mass is 504 g/mol. The van der Waals surface area contributed by atoms with Crippen LogP contribution in [0.4, 0.5) is 0 Å². The van der Waals surface area contributed by atoms with Gasteiger partial charge in [0.25, 0.3) is 5.91 Å². The predicted octanol–water partition coefficient (Wildman–Crippen LogP) is 4.87. The third-order valence-electron chi connectivity index (χ3n) is 7.43. The lowest BCUT2D eigenvalue weighted by atomic mass is 9.80.